The molecule has 1 aromatic heterocycles. The predicted molar refractivity (Wildman–Crippen MR) is 72.7 cm³/mol. The van der Waals surface area contributed by atoms with Crippen molar-refractivity contribution in [3.8, 4) is 0 Å². The van der Waals surface area contributed by atoms with Crippen LogP contribution < -0.4 is 10.6 Å². The lowest BCUT2D eigenvalue weighted by molar-refractivity contribution is 0.406. The van der Waals surface area contributed by atoms with E-state index in [1.807, 2.05) is 12.1 Å². The second-order valence-corrected chi connectivity index (χ2v) is 5.31. The van der Waals surface area contributed by atoms with E-state index in [9.17, 15) is 0 Å². The molecular weight excluding hydrogens is 210 g/mol. The maximum absolute atomic E-state index is 5.66. The third kappa shape index (κ3) is 2.71. The molecule has 1 radical (unpaired) electrons. The van der Waals surface area contributed by atoms with E-state index < -0.39 is 0 Å². The SMILES string of the molecule is C[C](C)C(C)C1CCN(c2ccc(N)cn2)C1. The maximum atomic E-state index is 5.66. The summed E-state index contributed by atoms with van der Waals surface area (Å²) in [6.45, 7) is 9.02. The van der Waals surface area contributed by atoms with Gasteiger partial charge in [-0.25, -0.2) is 4.98 Å². The lowest BCUT2D eigenvalue weighted by Crippen LogP contribution is -2.24. The number of nitrogens with two attached hydrogens (primary N) is 1. The van der Waals surface area contributed by atoms with E-state index >= 15 is 0 Å². The van der Waals surface area contributed by atoms with E-state index in [-0.39, 0.29) is 0 Å². The molecule has 1 aliphatic rings. The number of anilines is 2. The Morgan fingerprint density at radius 3 is 2.82 bits per heavy atom. The third-order valence-corrected chi connectivity index (χ3v) is 3.94. The zero-order valence-electron chi connectivity index (χ0n) is 11.0. The minimum atomic E-state index is 0.703. The molecule has 2 unspecified atom stereocenters. The fraction of sp³-hybridized carbons (Fsp3) is 0.571. The van der Waals surface area contributed by atoms with Gasteiger partial charge in [0, 0.05) is 13.1 Å². The highest BCUT2D eigenvalue weighted by Gasteiger charge is 2.29. The van der Waals surface area contributed by atoms with Crippen LogP contribution >= 0.6 is 0 Å². The van der Waals surface area contributed by atoms with E-state index in [2.05, 4.69) is 30.7 Å². The van der Waals surface area contributed by atoms with Crippen molar-refractivity contribution in [1.82, 2.24) is 4.98 Å². The summed E-state index contributed by atoms with van der Waals surface area (Å²) in [6, 6.07) is 3.95. The van der Waals surface area contributed by atoms with Gasteiger partial charge in [-0.05, 0) is 36.3 Å². The van der Waals surface area contributed by atoms with Gasteiger partial charge in [0.25, 0.3) is 0 Å². The molecule has 1 fully saturated rings. The van der Waals surface area contributed by atoms with Crippen molar-refractivity contribution in [3.05, 3.63) is 24.2 Å². The molecule has 0 saturated carbocycles. The van der Waals surface area contributed by atoms with Crippen molar-refractivity contribution in [3.63, 3.8) is 0 Å². The number of hydrogen-bond acceptors (Lipinski definition) is 3. The number of aromatic nitrogens is 1. The van der Waals surface area contributed by atoms with Gasteiger partial charge in [-0.2, -0.15) is 0 Å². The van der Waals surface area contributed by atoms with Crippen LogP contribution in [0.25, 0.3) is 0 Å². The van der Waals surface area contributed by atoms with Gasteiger partial charge in [0.05, 0.1) is 11.9 Å². The highest BCUT2D eigenvalue weighted by Crippen LogP contribution is 2.31. The molecule has 0 aromatic carbocycles. The lowest BCUT2D eigenvalue weighted by atomic mass is 9.84. The molecule has 2 rings (SSSR count). The first-order chi connectivity index (χ1) is 8.08. The molecule has 0 amide bonds. The molecule has 2 N–H and O–H groups in total. The largest absolute Gasteiger partial charge is 0.397 e. The van der Waals surface area contributed by atoms with Crippen LogP contribution in [0.15, 0.2) is 18.3 Å². The van der Waals surface area contributed by atoms with Crippen molar-refractivity contribution in [1.29, 1.82) is 0 Å². The highest BCUT2D eigenvalue weighted by atomic mass is 15.2. The third-order valence-electron chi connectivity index (χ3n) is 3.94. The Kier molecular flexibility index (Phi) is 3.55. The average Bonchev–Trinajstić information content (AvgIpc) is 2.78. The first kappa shape index (κ1) is 12.2. The Labute approximate surface area is 104 Å². The van der Waals surface area contributed by atoms with Crippen LogP contribution in [-0.4, -0.2) is 18.1 Å². The summed E-state index contributed by atoms with van der Waals surface area (Å²) >= 11 is 0. The van der Waals surface area contributed by atoms with Crippen molar-refractivity contribution < 1.29 is 0 Å². The van der Waals surface area contributed by atoms with Gasteiger partial charge < -0.3 is 10.6 Å². The molecule has 0 aliphatic carbocycles. The van der Waals surface area contributed by atoms with E-state index in [4.69, 9.17) is 5.73 Å². The van der Waals surface area contributed by atoms with Gasteiger partial charge in [-0.1, -0.05) is 20.8 Å². The smallest absolute Gasteiger partial charge is 0.128 e. The lowest BCUT2D eigenvalue weighted by Gasteiger charge is -2.23. The minimum absolute atomic E-state index is 0.703. The number of hydrogen-bond donors (Lipinski definition) is 1. The molecule has 93 valence electrons. The molecule has 0 bridgehead atoms. The van der Waals surface area contributed by atoms with Gasteiger partial charge in [0.1, 0.15) is 5.82 Å². The van der Waals surface area contributed by atoms with Gasteiger partial charge in [0.2, 0.25) is 0 Å². The van der Waals surface area contributed by atoms with Crippen molar-refractivity contribution >= 4 is 11.5 Å². The van der Waals surface area contributed by atoms with Crippen LogP contribution in [0.5, 0.6) is 0 Å². The molecule has 1 saturated heterocycles. The second-order valence-electron chi connectivity index (χ2n) is 5.31. The first-order valence-electron chi connectivity index (χ1n) is 6.34. The van der Waals surface area contributed by atoms with E-state index in [0.717, 1.165) is 30.5 Å². The maximum Gasteiger partial charge on any atom is 0.128 e. The van der Waals surface area contributed by atoms with Crippen LogP contribution in [0.4, 0.5) is 11.5 Å². The normalized spacial score (nSPS) is 22.1. The van der Waals surface area contributed by atoms with Gasteiger partial charge in [0.15, 0.2) is 0 Å². The number of pyridine rings is 1. The zero-order valence-corrected chi connectivity index (χ0v) is 11.0. The fourth-order valence-corrected chi connectivity index (χ4v) is 2.46. The summed E-state index contributed by atoms with van der Waals surface area (Å²) in [5.41, 5.74) is 6.39. The minimum Gasteiger partial charge on any atom is -0.397 e. The van der Waals surface area contributed by atoms with Crippen LogP contribution in [0.1, 0.15) is 27.2 Å². The average molecular weight is 232 g/mol. The monoisotopic (exact) mass is 232 g/mol. The van der Waals surface area contributed by atoms with E-state index in [1.165, 1.54) is 12.3 Å². The topological polar surface area (TPSA) is 42.1 Å². The zero-order chi connectivity index (χ0) is 12.4. The van der Waals surface area contributed by atoms with E-state index in [0.29, 0.717) is 5.92 Å². The highest BCUT2D eigenvalue weighted by molar-refractivity contribution is 5.46. The molecule has 0 spiro atoms. The summed E-state index contributed by atoms with van der Waals surface area (Å²) in [7, 11) is 0. The summed E-state index contributed by atoms with van der Waals surface area (Å²) in [5, 5.41) is 0. The molecule has 1 aliphatic heterocycles. The molecule has 1 aromatic rings. The Morgan fingerprint density at radius 2 is 2.24 bits per heavy atom. The van der Waals surface area contributed by atoms with Crippen LogP contribution in [0.2, 0.25) is 0 Å². The summed E-state index contributed by atoms with van der Waals surface area (Å²) in [5.74, 6) is 4.05. The summed E-state index contributed by atoms with van der Waals surface area (Å²) < 4.78 is 0. The van der Waals surface area contributed by atoms with E-state index in [1.54, 1.807) is 6.20 Å². The van der Waals surface area contributed by atoms with Crippen LogP contribution in [0.3, 0.4) is 0 Å². The molecule has 3 heteroatoms. The van der Waals surface area contributed by atoms with Crippen molar-refractivity contribution in [2.24, 2.45) is 11.8 Å². The first-order valence-corrected chi connectivity index (χ1v) is 6.34. The van der Waals surface area contributed by atoms with Gasteiger partial charge in [-0.3, -0.25) is 0 Å². The number of rotatable bonds is 3. The van der Waals surface area contributed by atoms with Crippen molar-refractivity contribution in [2.75, 3.05) is 23.7 Å². The molecule has 2 heterocycles. The Hall–Kier alpha value is -1.25. The Balaban J connectivity index is 2.00. The Morgan fingerprint density at radius 1 is 1.47 bits per heavy atom. The quantitative estimate of drug-likeness (QED) is 0.871. The summed E-state index contributed by atoms with van der Waals surface area (Å²) in [4.78, 5) is 6.76. The molecule has 17 heavy (non-hydrogen) atoms. The van der Waals surface area contributed by atoms with Crippen LogP contribution in [-0.2, 0) is 0 Å². The second kappa shape index (κ2) is 4.94. The Bertz CT molecular complexity index is 358. The standard InChI is InChI=1S/C14H22N3/c1-10(2)11(3)12-6-7-17(9-12)14-5-4-13(15)8-16-14/h4-5,8,11-12H,6-7,9,15H2,1-3H3. The van der Waals surface area contributed by atoms with Crippen LogP contribution in [0, 0.1) is 17.8 Å². The number of nitrogen functional groups attached to an aromatic ring is 1. The molecular formula is C14H22N3. The van der Waals surface area contributed by atoms with Gasteiger partial charge in [-0.15, -0.1) is 0 Å². The molecule has 2 atom stereocenters. The number of nitrogens with zero attached hydrogens (tertiary/aromatic N) is 2. The predicted octanol–water partition coefficient (Wildman–Crippen LogP) is 2.74. The van der Waals surface area contributed by atoms with Gasteiger partial charge >= 0.3 is 0 Å². The molecule has 3 nitrogen and oxygen atoms in total. The van der Waals surface area contributed by atoms with Crippen molar-refractivity contribution in [2.45, 2.75) is 27.2 Å². The summed E-state index contributed by atoms with van der Waals surface area (Å²) in [6.07, 6.45) is 3.00. The fourth-order valence-electron chi connectivity index (χ4n) is 2.46.